The number of hydrogen-bond donors (Lipinski definition) is 0. The molecule has 0 radical (unpaired) electrons. The number of carbonyl (C=O) groups is 1. The molecule has 0 aliphatic carbocycles. The first-order valence-corrected chi connectivity index (χ1v) is 8.54. The molecule has 5 nitrogen and oxygen atoms in total. The molecule has 2 heterocycles. The third-order valence-corrected chi connectivity index (χ3v) is 4.84. The highest BCUT2D eigenvalue weighted by Crippen LogP contribution is 2.23. The molecule has 2 aromatic heterocycles. The van der Waals surface area contributed by atoms with Crippen molar-refractivity contribution < 1.29 is 4.79 Å². The zero-order valence-corrected chi connectivity index (χ0v) is 14.4. The minimum atomic E-state index is 0.0248. The third kappa shape index (κ3) is 3.65. The summed E-state index contributed by atoms with van der Waals surface area (Å²) >= 11 is 1.48. The first kappa shape index (κ1) is 16.3. The summed E-state index contributed by atoms with van der Waals surface area (Å²) in [5.41, 5.74) is 2.61. The number of likely N-dealkylation sites (N-methyl/N-ethyl adjacent to an activating group) is 1. The van der Waals surface area contributed by atoms with Crippen molar-refractivity contribution >= 4 is 17.2 Å². The smallest absolute Gasteiger partial charge is 0.228 e. The SMILES string of the molecule is C[C@@H](c1ccccc1)N(C)C(=O)Cc1csc(-c2cnccn2)n1. The summed E-state index contributed by atoms with van der Waals surface area (Å²) in [6, 6.07) is 10.0. The van der Waals surface area contributed by atoms with Crippen molar-refractivity contribution in [1.29, 1.82) is 0 Å². The maximum absolute atomic E-state index is 12.5. The van der Waals surface area contributed by atoms with Gasteiger partial charge in [0.2, 0.25) is 5.91 Å². The van der Waals surface area contributed by atoms with Gasteiger partial charge in [-0.1, -0.05) is 30.3 Å². The lowest BCUT2D eigenvalue weighted by Gasteiger charge is -2.25. The van der Waals surface area contributed by atoms with Crippen molar-refractivity contribution in [3.8, 4) is 10.7 Å². The second-order valence-corrected chi connectivity index (χ2v) is 6.36. The molecule has 0 aliphatic rings. The van der Waals surface area contributed by atoms with Crippen LogP contribution in [0.5, 0.6) is 0 Å². The van der Waals surface area contributed by atoms with Gasteiger partial charge in [0.1, 0.15) is 10.7 Å². The lowest BCUT2D eigenvalue weighted by Crippen LogP contribution is -2.31. The number of nitrogens with zero attached hydrogens (tertiary/aromatic N) is 4. The van der Waals surface area contributed by atoms with Crippen LogP contribution in [0.15, 0.2) is 54.3 Å². The molecule has 1 amide bonds. The Labute approximate surface area is 145 Å². The van der Waals surface area contributed by atoms with Crippen molar-refractivity contribution in [3.63, 3.8) is 0 Å². The molecule has 0 aliphatic heterocycles. The van der Waals surface area contributed by atoms with E-state index in [-0.39, 0.29) is 18.4 Å². The van der Waals surface area contributed by atoms with Gasteiger partial charge >= 0.3 is 0 Å². The zero-order valence-electron chi connectivity index (χ0n) is 13.6. The van der Waals surface area contributed by atoms with Crippen LogP contribution in [0.3, 0.4) is 0 Å². The van der Waals surface area contributed by atoms with E-state index < -0.39 is 0 Å². The van der Waals surface area contributed by atoms with E-state index in [1.165, 1.54) is 11.3 Å². The summed E-state index contributed by atoms with van der Waals surface area (Å²) in [5, 5.41) is 2.69. The van der Waals surface area contributed by atoms with Gasteiger partial charge in [-0.15, -0.1) is 11.3 Å². The van der Waals surface area contributed by atoms with Gasteiger partial charge in [0.15, 0.2) is 0 Å². The van der Waals surface area contributed by atoms with Crippen molar-refractivity contribution in [2.75, 3.05) is 7.05 Å². The van der Waals surface area contributed by atoms with Crippen LogP contribution in [0.4, 0.5) is 0 Å². The Morgan fingerprint density at radius 3 is 2.75 bits per heavy atom. The second-order valence-electron chi connectivity index (χ2n) is 5.50. The highest BCUT2D eigenvalue weighted by Gasteiger charge is 2.18. The van der Waals surface area contributed by atoms with Gasteiger partial charge in [0, 0.05) is 24.8 Å². The molecule has 0 fully saturated rings. The predicted octanol–water partition coefficient (Wildman–Crippen LogP) is 3.36. The highest BCUT2D eigenvalue weighted by atomic mass is 32.1. The molecule has 0 bridgehead atoms. The molecule has 0 saturated heterocycles. The highest BCUT2D eigenvalue weighted by molar-refractivity contribution is 7.13. The maximum Gasteiger partial charge on any atom is 0.228 e. The van der Waals surface area contributed by atoms with Crippen molar-refractivity contribution in [1.82, 2.24) is 19.9 Å². The lowest BCUT2D eigenvalue weighted by molar-refractivity contribution is -0.131. The van der Waals surface area contributed by atoms with Gasteiger partial charge in [-0.3, -0.25) is 14.8 Å². The van der Waals surface area contributed by atoms with E-state index in [2.05, 4.69) is 15.0 Å². The molecule has 24 heavy (non-hydrogen) atoms. The second kappa shape index (κ2) is 7.31. The Hall–Kier alpha value is -2.60. The Morgan fingerprint density at radius 2 is 2.04 bits per heavy atom. The molecule has 0 spiro atoms. The largest absolute Gasteiger partial charge is 0.339 e. The Bertz CT molecular complexity index is 804. The summed E-state index contributed by atoms with van der Waals surface area (Å²) in [4.78, 5) is 27.1. The molecule has 1 atom stereocenters. The molecule has 0 N–H and O–H groups in total. The molecule has 0 unspecified atom stereocenters. The number of aromatic nitrogens is 3. The van der Waals surface area contributed by atoms with Crippen LogP contribution in [0.1, 0.15) is 24.2 Å². The fourth-order valence-corrected chi connectivity index (χ4v) is 3.15. The zero-order chi connectivity index (χ0) is 16.9. The third-order valence-electron chi connectivity index (χ3n) is 3.92. The van der Waals surface area contributed by atoms with Gasteiger partial charge < -0.3 is 4.90 Å². The molecule has 1 aromatic carbocycles. The van der Waals surface area contributed by atoms with Crippen molar-refractivity contribution in [2.24, 2.45) is 0 Å². The fraction of sp³-hybridized carbons (Fsp3) is 0.222. The summed E-state index contributed by atoms with van der Waals surface area (Å²) in [6.07, 6.45) is 5.22. The molecule has 122 valence electrons. The minimum Gasteiger partial charge on any atom is -0.339 e. The van der Waals surface area contributed by atoms with E-state index in [0.29, 0.717) is 0 Å². The molecule has 3 rings (SSSR count). The molecular weight excluding hydrogens is 320 g/mol. The van der Waals surface area contributed by atoms with Crippen LogP contribution < -0.4 is 0 Å². The van der Waals surface area contributed by atoms with Crippen LogP contribution in [0.25, 0.3) is 10.7 Å². The Balaban J connectivity index is 1.68. The summed E-state index contributed by atoms with van der Waals surface area (Å²) in [5.74, 6) is 0.0438. The molecule has 6 heteroatoms. The van der Waals surface area contributed by atoms with E-state index in [4.69, 9.17) is 0 Å². The number of carbonyl (C=O) groups excluding carboxylic acids is 1. The van der Waals surface area contributed by atoms with Gasteiger partial charge in [-0.05, 0) is 12.5 Å². The summed E-state index contributed by atoms with van der Waals surface area (Å²) < 4.78 is 0. The Morgan fingerprint density at radius 1 is 1.25 bits per heavy atom. The van der Waals surface area contributed by atoms with E-state index in [1.807, 2.05) is 49.7 Å². The van der Waals surface area contributed by atoms with Gasteiger partial charge in [0.25, 0.3) is 0 Å². The number of rotatable bonds is 5. The quantitative estimate of drug-likeness (QED) is 0.716. The van der Waals surface area contributed by atoms with Crippen LogP contribution in [0, 0.1) is 0 Å². The van der Waals surface area contributed by atoms with E-state index in [1.54, 1.807) is 23.5 Å². The lowest BCUT2D eigenvalue weighted by atomic mass is 10.1. The summed E-state index contributed by atoms with van der Waals surface area (Å²) in [6.45, 7) is 2.03. The Kier molecular flexibility index (Phi) is 4.96. The van der Waals surface area contributed by atoms with Crippen molar-refractivity contribution in [3.05, 3.63) is 65.6 Å². The first-order chi connectivity index (χ1) is 11.6. The summed E-state index contributed by atoms with van der Waals surface area (Å²) in [7, 11) is 1.83. The molecular formula is C18H18N4OS. The maximum atomic E-state index is 12.5. The average molecular weight is 338 g/mol. The molecule has 3 aromatic rings. The van der Waals surface area contributed by atoms with Crippen LogP contribution in [0.2, 0.25) is 0 Å². The van der Waals surface area contributed by atoms with Gasteiger partial charge in [-0.25, -0.2) is 4.98 Å². The van der Waals surface area contributed by atoms with Crippen LogP contribution in [-0.2, 0) is 11.2 Å². The normalized spacial score (nSPS) is 11.9. The van der Waals surface area contributed by atoms with Gasteiger partial charge in [-0.2, -0.15) is 0 Å². The van der Waals surface area contributed by atoms with E-state index in [9.17, 15) is 4.79 Å². The van der Waals surface area contributed by atoms with E-state index >= 15 is 0 Å². The monoisotopic (exact) mass is 338 g/mol. The van der Waals surface area contributed by atoms with Crippen LogP contribution in [-0.4, -0.2) is 32.8 Å². The van der Waals surface area contributed by atoms with E-state index in [0.717, 1.165) is 22.0 Å². The van der Waals surface area contributed by atoms with Gasteiger partial charge in [0.05, 0.1) is 24.4 Å². The molecule has 0 saturated carbocycles. The minimum absolute atomic E-state index is 0.0248. The predicted molar refractivity (Wildman–Crippen MR) is 94.5 cm³/mol. The number of amides is 1. The van der Waals surface area contributed by atoms with Crippen molar-refractivity contribution in [2.45, 2.75) is 19.4 Å². The van der Waals surface area contributed by atoms with Crippen LogP contribution >= 0.6 is 11.3 Å². The number of thiazole rings is 1. The number of benzene rings is 1. The number of hydrogen-bond acceptors (Lipinski definition) is 5. The topological polar surface area (TPSA) is 59.0 Å². The standard InChI is InChI=1S/C18H18N4OS/c1-13(14-6-4-3-5-7-14)22(2)17(23)10-15-12-24-18(21-15)16-11-19-8-9-20-16/h3-9,11-13H,10H2,1-2H3/t13-/m0/s1. The first-order valence-electron chi connectivity index (χ1n) is 7.66. The average Bonchev–Trinajstić information content (AvgIpc) is 3.10. The fourth-order valence-electron chi connectivity index (χ4n) is 2.37.